The summed E-state index contributed by atoms with van der Waals surface area (Å²) >= 11 is 12.7. The highest BCUT2D eigenvalue weighted by Gasteiger charge is 2.13. The molecule has 0 aliphatic heterocycles. The average Bonchev–Trinajstić information content (AvgIpc) is 2.97. The van der Waals surface area contributed by atoms with Crippen molar-refractivity contribution in [1.29, 1.82) is 0 Å². The fourth-order valence-corrected chi connectivity index (χ4v) is 3.67. The minimum Gasteiger partial charge on any atom is -0.328 e. The number of para-hydroxylation sites is 1. The Hall–Kier alpha value is -2.40. The molecule has 1 N–H and O–H groups in total. The zero-order valence-corrected chi connectivity index (χ0v) is 17.0. The van der Waals surface area contributed by atoms with E-state index in [1.807, 2.05) is 11.9 Å². The molecule has 3 rings (SSSR count). The van der Waals surface area contributed by atoms with E-state index in [2.05, 4.69) is 10.4 Å². The molecule has 2 aromatic carbocycles. The molecule has 0 saturated carbocycles. The molecular formula is C17H15ClFN5O2S2. The number of hydrogen-bond donors (Lipinski definition) is 1. The molecule has 0 atom stereocenters. The molecule has 1 heterocycles. The molecule has 0 amide bonds. The molecule has 1 aromatic heterocycles. The summed E-state index contributed by atoms with van der Waals surface area (Å²) in [6.07, 6.45) is 0. The molecule has 3 aromatic rings. The summed E-state index contributed by atoms with van der Waals surface area (Å²) in [5.74, 6) is -0.382. The van der Waals surface area contributed by atoms with Gasteiger partial charge in [-0.05, 0) is 43.0 Å². The van der Waals surface area contributed by atoms with Gasteiger partial charge < -0.3 is 5.32 Å². The van der Waals surface area contributed by atoms with E-state index in [-0.39, 0.29) is 11.5 Å². The van der Waals surface area contributed by atoms with Crippen LogP contribution in [0.3, 0.4) is 0 Å². The molecule has 11 heteroatoms. The second kappa shape index (κ2) is 8.74. The monoisotopic (exact) mass is 439 g/mol. The van der Waals surface area contributed by atoms with E-state index in [0.717, 1.165) is 0 Å². The quantitative estimate of drug-likeness (QED) is 0.309. The maximum atomic E-state index is 13.8. The number of aromatic nitrogens is 2. The van der Waals surface area contributed by atoms with Gasteiger partial charge in [-0.15, -0.1) is 5.10 Å². The zero-order chi connectivity index (χ0) is 20.3. The number of nitro groups is 1. The van der Waals surface area contributed by atoms with Crippen LogP contribution >= 0.6 is 35.2 Å². The second-order valence-corrected chi connectivity index (χ2v) is 8.00. The van der Waals surface area contributed by atoms with Gasteiger partial charge in [-0.3, -0.25) is 15.0 Å². The van der Waals surface area contributed by atoms with Gasteiger partial charge in [-0.25, -0.2) is 9.07 Å². The summed E-state index contributed by atoms with van der Waals surface area (Å²) in [5, 5.41) is 19.1. The molecule has 7 nitrogen and oxygen atoms in total. The molecule has 146 valence electrons. The van der Waals surface area contributed by atoms with Gasteiger partial charge in [-0.1, -0.05) is 35.1 Å². The second-order valence-electron chi connectivity index (χ2n) is 5.97. The predicted molar refractivity (Wildman–Crippen MR) is 110 cm³/mol. The lowest BCUT2D eigenvalue weighted by atomic mass is 10.2. The first-order valence-electron chi connectivity index (χ1n) is 8.04. The third-order valence-corrected chi connectivity index (χ3v) is 5.37. The third-order valence-electron chi connectivity index (χ3n) is 3.78. The molecular weight excluding hydrogens is 425 g/mol. The molecule has 0 unspecified atom stereocenters. The number of anilines is 2. The minimum absolute atomic E-state index is 0.0190. The van der Waals surface area contributed by atoms with Crippen LogP contribution in [0.5, 0.6) is 0 Å². The fraction of sp³-hybridized carbons (Fsp3) is 0.176. The van der Waals surface area contributed by atoms with Crippen LogP contribution in [0.1, 0.15) is 5.56 Å². The highest BCUT2D eigenvalue weighted by Crippen LogP contribution is 2.25. The van der Waals surface area contributed by atoms with Crippen LogP contribution < -0.4 is 5.32 Å². The van der Waals surface area contributed by atoms with Crippen molar-refractivity contribution in [2.45, 2.75) is 13.2 Å². The average molecular weight is 440 g/mol. The Morgan fingerprint density at radius 2 is 2.14 bits per heavy atom. The van der Waals surface area contributed by atoms with Crippen LogP contribution in [0.2, 0.25) is 5.02 Å². The van der Waals surface area contributed by atoms with E-state index < -0.39 is 4.92 Å². The van der Waals surface area contributed by atoms with E-state index in [1.54, 1.807) is 22.9 Å². The molecule has 0 aliphatic carbocycles. The first kappa shape index (κ1) is 20.3. The molecule has 0 bridgehead atoms. The van der Waals surface area contributed by atoms with Gasteiger partial charge in [0.2, 0.25) is 5.13 Å². The number of nitro benzene ring substituents is 1. The smallest absolute Gasteiger partial charge is 0.269 e. The first-order valence-corrected chi connectivity index (χ1v) is 9.64. The van der Waals surface area contributed by atoms with Crippen molar-refractivity contribution in [1.82, 2.24) is 14.7 Å². The number of halogens is 2. The third kappa shape index (κ3) is 4.90. The molecule has 28 heavy (non-hydrogen) atoms. The number of hydrogen-bond acceptors (Lipinski definition) is 7. The maximum absolute atomic E-state index is 13.8. The minimum atomic E-state index is -0.461. The summed E-state index contributed by atoms with van der Waals surface area (Å²) in [4.78, 5) is 12.4. The SMILES string of the molecule is CN(Cc1cc([N+](=O)[O-])ccc1Cl)Cn1nc(Nc2ccccc2F)sc1=S. The Morgan fingerprint density at radius 3 is 2.86 bits per heavy atom. The Bertz CT molecular complexity index is 1070. The van der Waals surface area contributed by atoms with Gasteiger partial charge >= 0.3 is 0 Å². The van der Waals surface area contributed by atoms with E-state index in [4.69, 9.17) is 23.8 Å². The van der Waals surface area contributed by atoms with Crippen LogP contribution in [0.15, 0.2) is 42.5 Å². The van der Waals surface area contributed by atoms with Crippen molar-refractivity contribution < 1.29 is 9.31 Å². The number of benzene rings is 2. The lowest BCUT2D eigenvalue weighted by Gasteiger charge is -2.17. The lowest BCUT2D eigenvalue weighted by molar-refractivity contribution is -0.384. The maximum Gasteiger partial charge on any atom is 0.269 e. The number of nitrogens with zero attached hydrogens (tertiary/aromatic N) is 4. The van der Waals surface area contributed by atoms with Gasteiger partial charge in [0.1, 0.15) is 5.82 Å². The Morgan fingerprint density at radius 1 is 1.39 bits per heavy atom. The van der Waals surface area contributed by atoms with Gasteiger partial charge in [-0.2, -0.15) is 0 Å². The van der Waals surface area contributed by atoms with E-state index in [0.29, 0.717) is 38.6 Å². The van der Waals surface area contributed by atoms with E-state index in [9.17, 15) is 14.5 Å². The van der Waals surface area contributed by atoms with Crippen molar-refractivity contribution in [3.63, 3.8) is 0 Å². The topological polar surface area (TPSA) is 76.2 Å². The molecule has 0 saturated heterocycles. The lowest BCUT2D eigenvalue weighted by Crippen LogP contribution is -2.22. The Labute approximate surface area is 174 Å². The van der Waals surface area contributed by atoms with Crippen LogP contribution in [-0.4, -0.2) is 26.7 Å². The summed E-state index contributed by atoms with van der Waals surface area (Å²) in [5.41, 5.74) is 0.925. The normalized spacial score (nSPS) is 11.0. The fourth-order valence-electron chi connectivity index (χ4n) is 2.49. The Kier molecular flexibility index (Phi) is 6.35. The Balaban J connectivity index is 1.71. The standard InChI is InChI=1S/C17H15ClFN5O2S2/c1-22(9-11-8-12(24(25)26)6-7-13(11)18)10-23-17(27)28-16(21-23)20-15-5-3-2-4-14(15)19/h2-8H,9-10H2,1H3,(H,20,21). The zero-order valence-electron chi connectivity index (χ0n) is 14.6. The van der Waals surface area contributed by atoms with Crippen LogP contribution in [-0.2, 0) is 13.2 Å². The van der Waals surface area contributed by atoms with Crippen molar-refractivity contribution >= 4 is 51.7 Å². The van der Waals surface area contributed by atoms with E-state index in [1.165, 1.54) is 35.6 Å². The van der Waals surface area contributed by atoms with Crippen molar-refractivity contribution in [2.24, 2.45) is 0 Å². The predicted octanol–water partition coefficient (Wildman–Crippen LogP) is 5.21. The number of non-ortho nitro benzene ring substituents is 1. The highest BCUT2D eigenvalue weighted by atomic mass is 35.5. The largest absolute Gasteiger partial charge is 0.328 e. The summed E-state index contributed by atoms with van der Waals surface area (Å²) in [6.45, 7) is 0.712. The summed E-state index contributed by atoms with van der Waals surface area (Å²) in [7, 11) is 1.82. The van der Waals surface area contributed by atoms with Gasteiger partial charge in [0.15, 0.2) is 3.95 Å². The van der Waals surface area contributed by atoms with Gasteiger partial charge in [0, 0.05) is 23.7 Å². The summed E-state index contributed by atoms with van der Waals surface area (Å²) in [6, 6.07) is 10.6. The molecule has 0 aliphatic rings. The first-order chi connectivity index (χ1) is 13.3. The molecule has 0 fully saturated rings. The van der Waals surface area contributed by atoms with Gasteiger partial charge in [0.05, 0.1) is 17.3 Å². The van der Waals surface area contributed by atoms with Crippen molar-refractivity contribution in [3.8, 4) is 0 Å². The van der Waals surface area contributed by atoms with Crippen LogP contribution in [0, 0.1) is 19.9 Å². The van der Waals surface area contributed by atoms with Crippen LogP contribution in [0.25, 0.3) is 0 Å². The van der Waals surface area contributed by atoms with Crippen LogP contribution in [0.4, 0.5) is 20.9 Å². The van der Waals surface area contributed by atoms with Gasteiger partial charge in [0.25, 0.3) is 5.69 Å². The number of rotatable bonds is 7. The summed E-state index contributed by atoms with van der Waals surface area (Å²) < 4.78 is 15.9. The molecule has 0 radical (unpaired) electrons. The number of nitrogens with one attached hydrogen (secondary N) is 1. The molecule has 0 spiro atoms. The van der Waals surface area contributed by atoms with Crippen molar-refractivity contribution in [3.05, 3.63) is 72.9 Å². The van der Waals surface area contributed by atoms with E-state index >= 15 is 0 Å². The van der Waals surface area contributed by atoms with Crippen molar-refractivity contribution in [2.75, 3.05) is 12.4 Å². The highest BCUT2D eigenvalue weighted by molar-refractivity contribution is 7.73.